The molecule has 14 heavy (non-hydrogen) atoms. The van der Waals surface area contributed by atoms with E-state index in [-0.39, 0.29) is 5.60 Å². The molecule has 0 saturated carbocycles. The summed E-state index contributed by atoms with van der Waals surface area (Å²) in [6.07, 6.45) is 2.19. The van der Waals surface area contributed by atoms with Gasteiger partial charge in [0.05, 0.1) is 12.2 Å². The van der Waals surface area contributed by atoms with E-state index < -0.39 is 0 Å². The predicted molar refractivity (Wildman–Crippen MR) is 60.6 cm³/mol. The van der Waals surface area contributed by atoms with Crippen LogP contribution < -0.4 is 0 Å². The van der Waals surface area contributed by atoms with Gasteiger partial charge in [-0.25, -0.2) is 0 Å². The van der Waals surface area contributed by atoms with Crippen molar-refractivity contribution >= 4 is 0 Å². The van der Waals surface area contributed by atoms with Gasteiger partial charge in [-0.3, -0.25) is 0 Å². The topological polar surface area (TPSA) is 18.5 Å². The molecule has 0 atom stereocenters. The highest BCUT2D eigenvalue weighted by atomic mass is 16.5. The van der Waals surface area contributed by atoms with Crippen molar-refractivity contribution < 1.29 is 9.47 Å². The Morgan fingerprint density at radius 3 is 2.29 bits per heavy atom. The van der Waals surface area contributed by atoms with E-state index in [9.17, 15) is 0 Å². The third-order valence-electron chi connectivity index (χ3n) is 1.99. The van der Waals surface area contributed by atoms with Gasteiger partial charge in [0.15, 0.2) is 0 Å². The maximum Gasteiger partial charge on any atom is 0.0858 e. The summed E-state index contributed by atoms with van der Waals surface area (Å²) in [6, 6.07) is 0. The molecule has 0 unspecified atom stereocenters. The van der Waals surface area contributed by atoms with Gasteiger partial charge in [-0.15, -0.1) is 0 Å². The average molecular weight is 202 g/mol. The second-order valence-electron chi connectivity index (χ2n) is 4.84. The normalized spacial score (nSPS) is 12.4. The monoisotopic (exact) mass is 202 g/mol. The molecule has 0 heterocycles. The molecular formula is C12H26O2. The molecule has 0 N–H and O–H groups in total. The van der Waals surface area contributed by atoms with Gasteiger partial charge < -0.3 is 9.47 Å². The molecule has 0 amide bonds. The molecule has 0 fully saturated rings. The molecule has 2 nitrogen and oxygen atoms in total. The van der Waals surface area contributed by atoms with Gasteiger partial charge in [-0.2, -0.15) is 0 Å². The van der Waals surface area contributed by atoms with Gasteiger partial charge in [-0.1, -0.05) is 20.8 Å². The van der Waals surface area contributed by atoms with Crippen molar-refractivity contribution in [2.45, 2.75) is 53.1 Å². The SMILES string of the molecule is CCCOCC(C)(C)OCCC(C)C. The zero-order valence-corrected chi connectivity index (χ0v) is 10.4. The molecule has 0 aliphatic carbocycles. The molecular weight excluding hydrogens is 176 g/mol. The lowest BCUT2D eigenvalue weighted by Gasteiger charge is -2.25. The van der Waals surface area contributed by atoms with E-state index in [0.717, 1.165) is 26.1 Å². The lowest BCUT2D eigenvalue weighted by atomic mass is 10.1. The third kappa shape index (κ3) is 8.52. The number of hydrogen-bond donors (Lipinski definition) is 0. The highest BCUT2D eigenvalue weighted by molar-refractivity contribution is 4.67. The summed E-state index contributed by atoms with van der Waals surface area (Å²) in [4.78, 5) is 0. The van der Waals surface area contributed by atoms with Crippen LogP contribution >= 0.6 is 0 Å². The Hall–Kier alpha value is -0.0800. The van der Waals surface area contributed by atoms with E-state index >= 15 is 0 Å². The molecule has 0 spiro atoms. The minimum atomic E-state index is -0.135. The standard InChI is InChI=1S/C12H26O2/c1-6-8-13-10-12(4,5)14-9-7-11(2)3/h11H,6-10H2,1-5H3. The minimum Gasteiger partial charge on any atom is -0.378 e. The first kappa shape index (κ1) is 13.9. The molecule has 2 heteroatoms. The second-order valence-corrected chi connectivity index (χ2v) is 4.84. The smallest absolute Gasteiger partial charge is 0.0858 e. The Kier molecular flexibility index (Phi) is 7.20. The predicted octanol–water partition coefficient (Wildman–Crippen LogP) is 3.25. The van der Waals surface area contributed by atoms with Gasteiger partial charge >= 0.3 is 0 Å². The van der Waals surface area contributed by atoms with Crippen LogP contribution in [0.3, 0.4) is 0 Å². The largest absolute Gasteiger partial charge is 0.378 e. The highest BCUT2D eigenvalue weighted by Crippen LogP contribution is 2.12. The first-order valence-electron chi connectivity index (χ1n) is 5.69. The summed E-state index contributed by atoms with van der Waals surface area (Å²) in [5.41, 5.74) is -0.135. The summed E-state index contributed by atoms with van der Waals surface area (Å²) >= 11 is 0. The zero-order valence-electron chi connectivity index (χ0n) is 10.4. The molecule has 0 saturated heterocycles. The highest BCUT2D eigenvalue weighted by Gasteiger charge is 2.18. The van der Waals surface area contributed by atoms with Crippen LogP contribution in [0, 0.1) is 5.92 Å². The minimum absolute atomic E-state index is 0.135. The third-order valence-corrected chi connectivity index (χ3v) is 1.99. The average Bonchev–Trinajstić information content (AvgIpc) is 2.03. The summed E-state index contributed by atoms with van der Waals surface area (Å²) in [5, 5.41) is 0. The molecule has 0 radical (unpaired) electrons. The summed E-state index contributed by atoms with van der Waals surface area (Å²) in [5.74, 6) is 0.711. The zero-order chi connectivity index (χ0) is 11.0. The summed E-state index contributed by atoms with van der Waals surface area (Å²) in [7, 11) is 0. The Labute approximate surface area is 89.0 Å². The van der Waals surface area contributed by atoms with Crippen LogP contribution in [0.4, 0.5) is 0 Å². The van der Waals surface area contributed by atoms with Crippen molar-refractivity contribution in [3.05, 3.63) is 0 Å². The fourth-order valence-corrected chi connectivity index (χ4v) is 1.07. The fourth-order valence-electron chi connectivity index (χ4n) is 1.07. The molecule has 0 aromatic carbocycles. The Bertz CT molecular complexity index is 130. The van der Waals surface area contributed by atoms with Crippen molar-refractivity contribution in [2.75, 3.05) is 19.8 Å². The van der Waals surface area contributed by atoms with Gasteiger partial charge in [0.1, 0.15) is 0 Å². The molecule has 0 aliphatic heterocycles. The van der Waals surface area contributed by atoms with Crippen molar-refractivity contribution in [3.8, 4) is 0 Å². The van der Waals surface area contributed by atoms with Gasteiger partial charge in [-0.05, 0) is 32.6 Å². The van der Waals surface area contributed by atoms with Crippen LogP contribution in [-0.4, -0.2) is 25.4 Å². The van der Waals surface area contributed by atoms with Crippen LogP contribution in [0.1, 0.15) is 47.5 Å². The lowest BCUT2D eigenvalue weighted by Crippen LogP contribution is -2.31. The summed E-state index contributed by atoms with van der Waals surface area (Å²) < 4.78 is 11.2. The van der Waals surface area contributed by atoms with Crippen LogP contribution in [-0.2, 0) is 9.47 Å². The van der Waals surface area contributed by atoms with E-state index in [4.69, 9.17) is 9.47 Å². The lowest BCUT2D eigenvalue weighted by molar-refractivity contribution is -0.0773. The Morgan fingerprint density at radius 2 is 1.79 bits per heavy atom. The van der Waals surface area contributed by atoms with Gasteiger partial charge in [0, 0.05) is 13.2 Å². The van der Waals surface area contributed by atoms with E-state index in [0.29, 0.717) is 12.5 Å². The molecule has 0 aliphatic rings. The van der Waals surface area contributed by atoms with Gasteiger partial charge in [0.2, 0.25) is 0 Å². The quantitative estimate of drug-likeness (QED) is 0.562. The van der Waals surface area contributed by atoms with Crippen molar-refractivity contribution in [1.82, 2.24) is 0 Å². The Morgan fingerprint density at radius 1 is 1.14 bits per heavy atom. The van der Waals surface area contributed by atoms with Crippen molar-refractivity contribution in [1.29, 1.82) is 0 Å². The van der Waals surface area contributed by atoms with Crippen LogP contribution in [0.5, 0.6) is 0 Å². The first-order chi connectivity index (χ1) is 6.48. The summed E-state index contributed by atoms with van der Waals surface area (Å²) in [6.45, 7) is 13.1. The van der Waals surface area contributed by atoms with E-state index in [2.05, 4.69) is 34.6 Å². The van der Waals surface area contributed by atoms with Crippen molar-refractivity contribution in [2.24, 2.45) is 5.92 Å². The van der Waals surface area contributed by atoms with E-state index in [1.807, 2.05) is 0 Å². The van der Waals surface area contributed by atoms with Crippen LogP contribution in [0.25, 0.3) is 0 Å². The van der Waals surface area contributed by atoms with Crippen molar-refractivity contribution in [3.63, 3.8) is 0 Å². The van der Waals surface area contributed by atoms with Crippen LogP contribution in [0.15, 0.2) is 0 Å². The molecule has 86 valence electrons. The molecule has 0 rings (SSSR count). The maximum absolute atomic E-state index is 5.76. The molecule has 0 aromatic heterocycles. The van der Waals surface area contributed by atoms with Gasteiger partial charge in [0.25, 0.3) is 0 Å². The fraction of sp³-hybridized carbons (Fsp3) is 1.00. The number of hydrogen-bond acceptors (Lipinski definition) is 2. The van der Waals surface area contributed by atoms with E-state index in [1.165, 1.54) is 0 Å². The van der Waals surface area contributed by atoms with Crippen LogP contribution in [0.2, 0.25) is 0 Å². The number of rotatable bonds is 8. The maximum atomic E-state index is 5.76. The van der Waals surface area contributed by atoms with E-state index in [1.54, 1.807) is 0 Å². The molecule has 0 bridgehead atoms. The Balaban J connectivity index is 3.50. The first-order valence-corrected chi connectivity index (χ1v) is 5.69. The molecule has 0 aromatic rings. The second kappa shape index (κ2) is 7.24. The number of ether oxygens (including phenoxy) is 2.